The van der Waals surface area contributed by atoms with Gasteiger partial charge < -0.3 is 11.1 Å². The number of nitrogens with one attached hydrogen (secondary N) is 1. The van der Waals surface area contributed by atoms with Gasteiger partial charge in [0.05, 0.1) is 4.92 Å². The highest BCUT2D eigenvalue weighted by Gasteiger charge is 2.18. The average Bonchev–Trinajstić information content (AvgIpc) is 2.78. The fourth-order valence-electron chi connectivity index (χ4n) is 1.84. The fourth-order valence-corrected chi connectivity index (χ4v) is 1.84. The van der Waals surface area contributed by atoms with Crippen LogP contribution < -0.4 is 11.1 Å². The largest absolute Gasteiger partial charge is 0.359 e. The number of nitro groups is 1. The lowest BCUT2D eigenvalue weighted by Crippen LogP contribution is -2.07. The van der Waals surface area contributed by atoms with Gasteiger partial charge in [0.2, 0.25) is 5.82 Å². The fraction of sp³-hybridized carbons (Fsp3) is 0.250. The van der Waals surface area contributed by atoms with Crippen LogP contribution in [0.5, 0.6) is 0 Å². The van der Waals surface area contributed by atoms with Gasteiger partial charge in [-0.3, -0.25) is 14.8 Å². The monoisotopic (exact) mass is 261 g/mol. The highest BCUT2D eigenvalue weighted by molar-refractivity contribution is 5.54. The molecule has 7 nitrogen and oxygen atoms in total. The molecule has 2 aromatic rings. The number of rotatable bonds is 5. The van der Waals surface area contributed by atoms with E-state index in [4.69, 9.17) is 5.73 Å². The minimum atomic E-state index is -0.454. The molecule has 0 amide bonds. The SMILES string of the molecule is Cn1cc([N+](=O)[O-])c(NCc2ccccc2CN)n1. The molecule has 0 aliphatic carbocycles. The molecule has 0 bridgehead atoms. The molecule has 19 heavy (non-hydrogen) atoms. The molecule has 0 spiro atoms. The number of hydrogen-bond donors (Lipinski definition) is 2. The molecule has 1 aromatic heterocycles. The summed E-state index contributed by atoms with van der Waals surface area (Å²) >= 11 is 0. The standard InChI is InChI=1S/C12H15N5O2/c1-16-8-11(17(18)19)12(15-16)14-7-10-5-3-2-4-9(10)6-13/h2-5,8H,6-7,13H2,1H3,(H,14,15). The van der Waals surface area contributed by atoms with E-state index in [9.17, 15) is 10.1 Å². The number of anilines is 1. The summed E-state index contributed by atoms with van der Waals surface area (Å²) in [6.45, 7) is 0.882. The summed E-state index contributed by atoms with van der Waals surface area (Å²) in [6, 6.07) is 7.69. The van der Waals surface area contributed by atoms with Crippen molar-refractivity contribution in [2.45, 2.75) is 13.1 Å². The van der Waals surface area contributed by atoms with Crippen LogP contribution in [0.3, 0.4) is 0 Å². The number of nitrogens with zero attached hydrogens (tertiary/aromatic N) is 3. The van der Waals surface area contributed by atoms with Gasteiger partial charge in [-0.15, -0.1) is 5.10 Å². The van der Waals surface area contributed by atoms with Gasteiger partial charge in [0.25, 0.3) is 0 Å². The number of benzene rings is 1. The van der Waals surface area contributed by atoms with Crippen LogP contribution in [0.4, 0.5) is 11.5 Å². The number of aromatic nitrogens is 2. The van der Waals surface area contributed by atoms with Gasteiger partial charge in [-0.25, -0.2) is 0 Å². The number of aryl methyl sites for hydroxylation is 1. The predicted octanol–water partition coefficient (Wildman–Crippen LogP) is 1.40. The lowest BCUT2D eigenvalue weighted by molar-refractivity contribution is -0.384. The lowest BCUT2D eigenvalue weighted by Gasteiger charge is -2.08. The van der Waals surface area contributed by atoms with Crippen LogP contribution in [0, 0.1) is 10.1 Å². The zero-order valence-electron chi connectivity index (χ0n) is 10.5. The van der Waals surface area contributed by atoms with Crippen LogP contribution in [-0.4, -0.2) is 14.7 Å². The molecule has 1 heterocycles. The van der Waals surface area contributed by atoms with Crippen LogP contribution in [-0.2, 0) is 20.1 Å². The Hall–Kier alpha value is -2.41. The Morgan fingerprint density at radius 2 is 2.11 bits per heavy atom. The second kappa shape index (κ2) is 5.49. The van der Waals surface area contributed by atoms with Crippen LogP contribution in [0.25, 0.3) is 0 Å². The Morgan fingerprint density at radius 3 is 2.74 bits per heavy atom. The first-order valence-corrected chi connectivity index (χ1v) is 5.80. The molecule has 0 atom stereocenters. The van der Waals surface area contributed by atoms with Gasteiger partial charge >= 0.3 is 5.69 Å². The van der Waals surface area contributed by atoms with Crippen molar-refractivity contribution in [3.8, 4) is 0 Å². The lowest BCUT2D eigenvalue weighted by atomic mass is 10.1. The van der Waals surface area contributed by atoms with Crippen molar-refractivity contribution in [1.29, 1.82) is 0 Å². The van der Waals surface area contributed by atoms with Crippen molar-refractivity contribution in [3.63, 3.8) is 0 Å². The molecule has 0 aliphatic heterocycles. The molecule has 1 aromatic carbocycles. The summed E-state index contributed by atoms with van der Waals surface area (Å²) in [7, 11) is 1.64. The summed E-state index contributed by atoms with van der Waals surface area (Å²) in [5.41, 5.74) is 7.62. The maximum Gasteiger partial charge on any atom is 0.330 e. The molecule has 0 fully saturated rings. The van der Waals surface area contributed by atoms with E-state index in [1.165, 1.54) is 10.9 Å². The summed E-state index contributed by atoms with van der Waals surface area (Å²) in [5.74, 6) is 0.263. The first-order valence-electron chi connectivity index (χ1n) is 5.80. The molecular weight excluding hydrogens is 246 g/mol. The van der Waals surface area contributed by atoms with E-state index in [2.05, 4.69) is 10.4 Å². The summed E-state index contributed by atoms with van der Waals surface area (Å²) < 4.78 is 1.41. The van der Waals surface area contributed by atoms with Crippen molar-refractivity contribution in [2.24, 2.45) is 12.8 Å². The summed E-state index contributed by atoms with van der Waals surface area (Å²) in [4.78, 5) is 10.4. The maximum atomic E-state index is 10.9. The smallest absolute Gasteiger partial charge is 0.330 e. The van der Waals surface area contributed by atoms with Gasteiger partial charge in [-0.05, 0) is 11.1 Å². The number of nitrogens with two attached hydrogens (primary N) is 1. The zero-order chi connectivity index (χ0) is 13.8. The van der Waals surface area contributed by atoms with E-state index >= 15 is 0 Å². The highest BCUT2D eigenvalue weighted by Crippen LogP contribution is 2.22. The molecule has 3 N–H and O–H groups in total. The van der Waals surface area contributed by atoms with Crippen molar-refractivity contribution >= 4 is 11.5 Å². The molecule has 0 aliphatic rings. The topological polar surface area (TPSA) is 99.0 Å². The minimum Gasteiger partial charge on any atom is -0.359 e. The molecule has 0 saturated carbocycles. The maximum absolute atomic E-state index is 10.9. The summed E-state index contributed by atoms with van der Waals surface area (Å²) in [6.07, 6.45) is 1.37. The second-order valence-electron chi connectivity index (χ2n) is 4.12. The Labute approximate surface area is 110 Å². The highest BCUT2D eigenvalue weighted by atomic mass is 16.6. The Bertz CT molecular complexity index is 594. The third-order valence-electron chi connectivity index (χ3n) is 2.79. The average molecular weight is 261 g/mol. The number of hydrogen-bond acceptors (Lipinski definition) is 5. The normalized spacial score (nSPS) is 10.4. The Morgan fingerprint density at radius 1 is 1.42 bits per heavy atom. The van der Waals surface area contributed by atoms with E-state index in [0.29, 0.717) is 13.1 Å². The van der Waals surface area contributed by atoms with Gasteiger partial charge in [0.1, 0.15) is 6.20 Å². The molecule has 7 heteroatoms. The third-order valence-corrected chi connectivity index (χ3v) is 2.79. The third kappa shape index (κ3) is 2.89. The molecular formula is C12H15N5O2. The molecule has 0 radical (unpaired) electrons. The molecule has 2 rings (SSSR count). The van der Waals surface area contributed by atoms with Crippen molar-refractivity contribution in [2.75, 3.05) is 5.32 Å². The van der Waals surface area contributed by atoms with Crippen molar-refractivity contribution < 1.29 is 4.92 Å². The quantitative estimate of drug-likeness (QED) is 0.626. The second-order valence-corrected chi connectivity index (χ2v) is 4.12. The van der Waals surface area contributed by atoms with E-state index in [1.807, 2.05) is 24.3 Å². The van der Waals surface area contributed by atoms with Gasteiger partial charge in [-0.1, -0.05) is 24.3 Å². The predicted molar refractivity (Wildman–Crippen MR) is 71.5 cm³/mol. The van der Waals surface area contributed by atoms with Gasteiger partial charge in [0.15, 0.2) is 0 Å². The first kappa shape index (κ1) is 13.0. The van der Waals surface area contributed by atoms with Crippen LogP contribution >= 0.6 is 0 Å². The van der Waals surface area contributed by atoms with Crippen LogP contribution in [0.2, 0.25) is 0 Å². The van der Waals surface area contributed by atoms with E-state index < -0.39 is 4.92 Å². The zero-order valence-corrected chi connectivity index (χ0v) is 10.5. The minimum absolute atomic E-state index is 0.0345. The van der Waals surface area contributed by atoms with Gasteiger partial charge in [-0.2, -0.15) is 0 Å². The summed E-state index contributed by atoms with van der Waals surface area (Å²) in [5, 5.41) is 17.9. The van der Waals surface area contributed by atoms with Crippen LogP contribution in [0.1, 0.15) is 11.1 Å². The Kier molecular flexibility index (Phi) is 3.76. The van der Waals surface area contributed by atoms with Crippen LogP contribution in [0.15, 0.2) is 30.5 Å². The first-order chi connectivity index (χ1) is 9.11. The molecule has 100 valence electrons. The van der Waals surface area contributed by atoms with Gasteiger partial charge in [0, 0.05) is 20.1 Å². The van der Waals surface area contributed by atoms with E-state index in [-0.39, 0.29) is 11.5 Å². The molecule has 0 unspecified atom stereocenters. The Balaban J connectivity index is 2.16. The van der Waals surface area contributed by atoms with E-state index in [1.54, 1.807) is 7.05 Å². The molecule has 0 saturated heterocycles. The van der Waals surface area contributed by atoms with E-state index in [0.717, 1.165) is 11.1 Å². The van der Waals surface area contributed by atoms with Crippen molar-refractivity contribution in [1.82, 2.24) is 9.78 Å². The van der Waals surface area contributed by atoms with Crippen molar-refractivity contribution in [3.05, 3.63) is 51.7 Å².